The molecule has 0 N–H and O–H groups in total. The zero-order chi connectivity index (χ0) is 14.8. The highest BCUT2D eigenvalue weighted by Crippen LogP contribution is 2.32. The maximum Gasteiger partial charge on any atom is 0.225 e. The summed E-state index contributed by atoms with van der Waals surface area (Å²) in [6, 6.07) is 2.27. The van der Waals surface area contributed by atoms with Crippen LogP contribution in [-0.4, -0.2) is 53.2 Å². The van der Waals surface area contributed by atoms with Crippen molar-refractivity contribution >= 4 is 23.5 Å². The summed E-state index contributed by atoms with van der Waals surface area (Å²) in [6.45, 7) is 1.88. The number of nitrogens with zero attached hydrogens (tertiary/aromatic N) is 4. The van der Waals surface area contributed by atoms with E-state index in [1.807, 2.05) is 30.5 Å². The Morgan fingerprint density at radius 3 is 2.95 bits per heavy atom. The van der Waals surface area contributed by atoms with E-state index in [9.17, 15) is 4.79 Å². The van der Waals surface area contributed by atoms with Crippen molar-refractivity contribution in [2.75, 3.05) is 31.3 Å². The van der Waals surface area contributed by atoms with Gasteiger partial charge in [-0.3, -0.25) is 4.79 Å². The fourth-order valence-electron chi connectivity index (χ4n) is 2.88. The molecule has 1 aromatic rings. The second kappa shape index (κ2) is 6.22. The third-order valence-corrected chi connectivity index (χ3v) is 4.91. The van der Waals surface area contributed by atoms with Crippen LogP contribution in [0.2, 0.25) is 0 Å². The minimum Gasteiger partial charge on any atom is -0.354 e. The van der Waals surface area contributed by atoms with Crippen LogP contribution in [-0.2, 0) is 4.79 Å². The van der Waals surface area contributed by atoms with Crippen molar-refractivity contribution in [1.29, 1.82) is 0 Å². The number of carbonyl (C=O) groups is 1. The lowest BCUT2D eigenvalue weighted by atomic mass is 10.0. The fourth-order valence-corrected chi connectivity index (χ4v) is 3.23. The number of aromatic nitrogens is 2. The normalized spacial score (nSPS) is 22.2. The molecular weight excluding hydrogens is 284 g/mol. The summed E-state index contributed by atoms with van der Waals surface area (Å²) in [4.78, 5) is 25.3. The van der Waals surface area contributed by atoms with Gasteiger partial charge < -0.3 is 9.80 Å². The lowest BCUT2D eigenvalue weighted by Crippen LogP contribution is -2.49. The molecule has 21 heavy (non-hydrogen) atoms. The Balaban J connectivity index is 1.68. The lowest BCUT2D eigenvalue weighted by Gasteiger charge is -2.38. The smallest absolute Gasteiger partial charge is 0.225 e. The Bertz CT molecular complexity index is 520. The van der Waals surface area contributed by atoms with Crippen LogP contribution in [0.4, 0.5) is 5.82 Å². The van der Waals surface area contributed by atoms with Gasteiger partial charge in [-0.15, -0.1) is 0 Å². The van der Waals surface area contributed by atoms with E-state index in [1.54, 1.807) is 11.8 Å². The molecule has 5 nitrogen and oxygen atoms in total. The first-order valence-corrected chi connectivity index (χ1v) is 8.80. The molecule has 2 heterocycles. The van der Waals surface area contributed by atoms with E-state index in [-0.39, 0.29) is 0 Å². The molecule has 1 saturated heterocycles. The van der Waals surface area contributed by atoms with Gasteiger partial charge >= 0.3 is 0 Å². The van der Waals surface area contributed by atoms with Gasteiger partial charge in [0.15, 0.2) is 5.16 Å². The van der Waals surface area contributed by atoms with Crippen LogP contribution in [0.15, 0.2) is 17.4 Å². The molecule has 1 atom stereocenters. The van der Waals surface area contributed by atoms with Crippen molar-refractivity contribution in [2.24, 2.45) is 5.92 Å². The number of carbonyl (C=O) groups excluding carboxylic acids is 1. The predicted octanol–water partition coefficient (Wildman–Crippen LogP) is 2.04. The van der Waals surface area contributed by atoms with Crippen molar-refractivity contribution in [3.8, 4) is 0 Å². The van der Waals surface area contributed by atoms with Gasteiger partial charge in [0.05, 0.1) is 0 Å². The monoisotopic (exact) mass is 306 g/mol. The van der Waals surface area contributed by atoms with Crippen molar-refractivity contribution in [1.82, 2.24) is 14.9 Å². The summed E-state index contributed by atoms with van der Waals surface area (Å²) in [6.07, 6.45) is 8.14. The maximum absolute atomic E-state index is 12.2. The molecule has 1 aliphatic heterocycles. The largest absolute Gasteiger partial charge is 0.354 e. The van der Waals surface area contributed by atoms with E-state index in [0.717, 1.165) is 49.7 Å². The van der Waals surface area contributed by atoms with E-state index >= 15 is 0 Å². The van der Waals surface area contributed by atoms with Crippen LogP contribution in [0.1, 0.15) is 25.7 Å². The number of hydrogen-bond donors (Lipinski definition) is 0. The molecule has 0 bridgehead atoms. The van der Waals surface area contributed by atoms with Gasteiger partial charge in [-0.2, -0.15) is 0 Å². The van der Waals surface area contributed by atoms with E-state index in [4.69, 9.17) is 0 Å². The Kier molecular flexibility index (Phi) is 4.33. The van der Waals surface area contributed by atoms with Crippen LogP contribution in [0.3, 0.4) is 0 Å². The molecule has 2 aliphatic rings. The number of anilines is 1. The number of amides is 1. The predicted molar refractivity (Wildman–Crippen MR) is 84.5 cm³/mol. The summed E-state index contributed by atoms with van der Waals surface area (Å²) in [7, 11) is 1.96. The Morgan fingerprint density at radius 2 is 2.24 bits per heavy atom. The molecular formula is C15H22N4OS. The highest BCUT2D eigenvalue weighted by molar-refractivity contribution is 7.98. The molecule has 3 rings (SSSR count). The molecule has 1 unspecified atom stereocenters. The Labute approximate surface area is 130 Å². The number of thioether (sulfide) groups is 1. The first-order chi connectivity index (χ1) is 10.2. The Morgan fingerprint density at radius 1 is 1.43 bits per heavy atom. The summed E-state index contributed by atoms with van der Waals surface area (Å²) < 4.78 is 0. The van der Waals surface area contributed by atoms with Crippen LogP contribution in [0, 0.1) is 5.92 Å². The Hall–Kier alpha value is -1.30. The highest BCUT2D eigenvalue weighted by atomic mass is 32.2. The van der Waals surface area contributed by atoms with Gasteiger partial charge in [-0.1, -0.05) is 11.8 Å². The van der Waals surface area contributed by atoms with Crippen molar-refractivity contribution in [2.45, 2.75) is 36.9 Å². The zero-order valence-electron chi connectivity index (χ0n) is 12.7. The summed E-state index contributed by atoms with van der Waals surface area (Å²) in [5.41, 5.74) is 0. The van der Waals surface area contributed by atoms with E-state index in [1.165, 1.54) is 0 Å². The molecule has 0 spiro atoms. The number of hydrogen-bond acceptors (Lipinski definition) is 5. The molecule has 1 aliphatic carbocycles. The van der Waals surface area contributed by atoms with Gasteiger partial charge in [0.25, 0.3) is 0 Å². The van der Waals surface area contributed by atoms with E-state index in [0.29, 0.717) is 17.9 Å². The molecule has 0 aromatic carbocycles. The van der Waals surface area contributed by atoms with Gasteiger partial charge in [0.1, 0.15) is 5.82 Å². The molecule has 1 amide bonds. The number of likely N-dealkylation sites (N-methyl/N-ethyl adjacent to an activating group) is 1. The second-order valence-electron chi connectivity index (χ2n) is 5.87. The van der Waals surface area contributed by atoms with Crippen molar-refractivity contribution < 1.29 is 4.79 Å². The SMILES string of the molecule is CSc1nccc(N2CCCC(N(C)C(=O)C3CC3)C2)n1. The second-order valence-corrected chi connectivity index (χ2v) is 6.64. The molecule has 2 fully saturated rings. The van der Waals surface area contributed by atoms with Crippen LogP contribution < -0.4 is 4.90 Å². The molecule has 1 aromatic heterocycles. The van der Waals surface area contributed by atoms with Crippen LogP contribution >= 0.6 is 11.8 Å². The maximum atomic E-state index is 12.2. The van der Waals surface area contributed by atoms with E-state index < -0.39 is 0 Å². The first kappa shape index (κ1) is 14.6. The molecule has 114 valence electrons. The molecule has 6 heteroatoms. The number of rotatable bonds is 4. The van der Waals surface area contributed by atoms with Gasteiger partial charge in [-0.25, -0.2) is 9.97 Å². The third-order valence-electron chi connectivity index (χ3n) is 4.34. The van der Waals surface area contributed by atoms with Gasteiger partial charge in [-0.05, 0) is 38.0 Å². The third kappa shape index (κ3) is 3.31. The zero-order valence-corrected chi connectivity index (χ0v) is 13.5. The average Bonchev–Trinajstić information content (AvgIpc) is 3.38. The fraction of sp³-hybridized carbons (Fsp3) is 0.667. The topological polar surface area (TPSA) is 49.3 Å². The molecule has 0 radical (unpaired) electrons. The molecule has 1 saturated carbocycles. The van der Waals surface area contributed by atoms with E-state index in [2.05, 4.69) is 14.9 Å². The minimum atomic E-state index is 0.299. The van der Waals surface area contributed by atoms with Crippen molar-refractivity contribution in [3.63, 3.8) is 0 Å². The summed E-state index contributed by atoms with van der Waals surface area (Å²) in [5.74, 6) is 1.60. The summed E-state index contributed by atoms with van der Waals surface area (Å²) in [5, 5.41) is 0.803. The summed E-state index contributed by atoms with van der Waals surface area (Å²) >= 11 is 1.56. The minimum absolute atomic E-state index is 0.299. The van der Waals surface area contributed by atoms with Crippen molar-refractivity contribution in [3.05, 3.63) is 12.3 Å². The van der Waals surface area contributed by atoms with Crippen LogP contribution in [0.25, 0.3) is 0 Å². The highest BCUT2D eigenvalue weighted by Gasteiger charge is 2.35. The number of piperidine rings is 1. The standard InChI is InChI=1S/C15H22N4OS/c1-18(14(20)11-5-6-11)12-4-3-9-19(10-12)13-7-8-16-15(17-13)21-2/h7-8,11-12H,3-6,9-10H2,1-2H3. The average molecular weight is 306 g/mol. The lowest BCUT2D eigenvalue weighted by molar-refractivity contribution is -0.133. The van der Waals surface area contributed by atoms with Gasteiger partial charge in [0, 0.05) is 38.3 Å². The quantitative estimate of drug-likeness (QED) is 0.629. The first-order valence-electron chi connectivity index (χ1n) is 7.57. The van der Waals surface area contributed by atoms with Gasteiger partial charge in [0.2, 0.25) is 5.91 Å². The van der Waals surface area contributed by atoms with Crippen LogP contribution in [0.5, 0.6) is 0 Å².